The first-order chi connectivity index (χ1) is 6.66. The molecule has 5 heteroatoms. The van der Waals surface area contributed by atoms with Crippen LogP contribution in [0.4, 0.5) is 4.39 Å². The Labute approximate surface area is 85.6 Å². The van der Waals surface area contributed by atoms with E-state index in [0.29, 0.717) is 0 Å². The summed E-state index contributed by atoms with van der Waals surface area (Å²) in [6.07, 6.45) is 2.77. The van der Waals surface area contributed by atoms with Crippen LogP contribution in [0.1, 0.15) is 10.4 Å². The minimum Gasteiger partial charge on any atom is -0.348 e. The van der Waals surface area contributed by atoms with Crippen molar-refractivity contribution < 1.29 is 9.18 Å². The van der Waals surface area contributed by atoms with Crippen molar-refractivity contribution in [2.75, 3.05) is 6.54 Å². The number of carbonyl (C=O) groups excluding carboxylic acids is 1. The lowest BCUT2D eigenvalue weighted by molar-refractivity contribution is 0.0954. The second-order valence-corrected chi connectivity index (χ2v) is 2.82. The molecule has 0 unspecified atom stereocenters. The van der Waals surface area contributed by atoms with E-state index in [1.165, 1.54) is 18.3 Å². The van der Waals surface area contributed by atoms with E-state index in [2.05, 4.69) is 16.9 Å². The molecular weight excluding hydrogens is 207 g/mol. The topological polar surface area (TPSA) is 42.0 Å². The number of hydrogen-bond acceptors (Lipinski definition) is 2. The van der Waals surface area contributed by atoms with E-state index in [-0.39, 0.29) is 17.3 Å². The highest BCUT2D eigenvalue weighted by molar-refractivity contribution is 6.29. The number of nitrogens with zero attached hydrogens (tertiary/aromatic N) is 1. The van der Waals surface area contributed by atoms with Gasteiger partial charge in [0, 0.05) is 12.7 Å². The summed E-state index contributed by atoms with van der Waals surface area (Å²) in [7, 11) is 0. The highest BCUT2D eigenvalue weighted by Gasteiger charge is 2.13. The lowest BCUT2D eigenvalue weighted by atomic mass is 10.2. The van der Waals surface area contributed by atoms with Gasteiger partial charge in [0.1, 0.15) is 0 Å². The van der Waals surface area contributed by atoms with E-state index in [1.807, 2.05) is 0 Å². The molecule has 0 saturated carbocycles. The third-order valence-electron chi connectivity index (χ3n) is 1.50. The highest BCUT2D eigenvalue weighted by Crippen LogP contribution is 2.14. The highest BCUT2D eigenvalue weighted by atomic mass is 35.5. The Morgan fingerprint density at radius 3 is 3.14 bits per heavy atom. The molecule has 1 rings (SSSR count). The van der Waals surface area contributed by atoms with Crippen molar-refractivity contribution >= 4 is 17.5 Å². The van der Waals surface area contributed by atoms with E-state index in [4.69, 9.17) is 11.6 Å². The lowest BCUT2D eigenvalue weighted by Crippen LogP contribution is -2.24. The molecular formula is C9H8ClFN2O. The van der Waals surface area contributed by atoms with Gasteiger partial charge in [0.25, 0.3) is 5.91 Å². The molecule has 0 spiro atoms. The van der Waals surface area contributed by atoms with Crippen LogP contribution in [0.5, 0.6) is 0 Å². The molecule has 1 heterocycles. The second kappa shape index (κ2) is 4.72. The molecule has 0 atom stereocenters. The smallest absolute Gasteiger partial charge is 0.254 e. The molecule has 3 nitrogen and oxygen atoms in total. The monoisotopic (exact) mass is 214 g/mol. The Morgan fingerprint density at radius 1 is 1.79 bits per heavy atom. The number of halogens is 2. The van der Waals surface area contributed by atoms with Gasteiger partial charge in [-0.3, -0.25) is 4.79 Å². The second-order valence-electron chi connectivity index (χ2n) is 2.46. The van der Waals surface area contributed by atoms with Gasteiger partial charge in [-0.2, -0.15) is 0 Å². The molecule has 0 aliphatic heterocycles. The number of amides is 1. The summed E-state index contributed by atoms with van der Waals surface area (Å²) < 4.78 is 13.2. The van der Waals surface area contributed by atoms with Crippen molar-refractivity contribution in [2.45, 2.75) is 0 Å². The van der Waals surface area contributed by atoms with Crippen LogP contribution in [0, 0.1) is 5.82 Å². The number of pyridine rings is 1. The molecule has 0 radical (unpaired) electrons. The van der Waals surface area contributed by atoms with Crippen LogP contribution >= 0.6 is 11.6 Å². The lowest BCUT2D eigenvalue weighted by Gasteiger charge is -2.03. The average molecular weight is 215 g/mol. The van der Waals surface area contributed by atoms with Crippen molar-refractivity contribution in [3.8, 4) is 0 Å². The van der Waals surface area contributed by atoms with Gasteiger partial charge in [-0.1, -0.05) is 17.7 Å². The van der Waals surface area contributed by atoms with Crippen molar-refractivity contribution in [3.05, 3.63) is 41.5 Å². The standard InChI is InChI=1S/C9H8ClFN2O/c1-2-4-13-9(14)6-3-5-12-8(10)7(6)11/h2-3,5H,1,4H2,(H,13,14). The minimum absolute atomic E-state index is 0.119. The Bertz CT molecular complexity index is 368. The number of nitrogens with one attached hydrogen (secondary N) is 1. The molecule has 0 saturated heterocycles. The SMILES string of the molecule is C=CCNC(=O)c1ccnc(Cl)c1F. The summed E-state index contributed by atoms with van der Waals surface area (Å²) in [5.41, 5.74) is -0.119. The third kappa shape index (κ3) is 2.29. The summed E-state index contributed by atoms with van der Waals surface area (Å²) in [6, 6.07) is 1.26. The molecule has 14 heavy (non-hydrogen) atoms. The molecule has 1 N–H and O–H groups in total. The van der Waals surface area contributed by atoms with E-state index in [0.717, 1.165) is 0 Å². The van der Waals surface area contributed by atoms with Gasteiger partial charge in [0.15, 0.2) is 11.0 Å². The van der Waals surface area contributed by atoms with Crippen LogP contribution in [0.15, 0.2) is 24.9 Å². The molecule has 0 aliphatic carbocycles. The predicted molar refractivity (Wildman–Crippen MR) is 51.7 cm³/mol. The van der Waals surface area contributed by atoms with Gasteiger partial charge in [-0.05, 0) is 6.07 Å². The van der Waals surface area contributed by atoms with Gasteiger partial charge < -0.3 is 5.32 Å². The zero-order valence-corrected chi connectivity index (χ0v) is 8.01. The average Bonchev–Trinajstić information content (AvgIpc) is 2.18. The molecule has 1 amide bonds. The van der Waals surface area contributed by atoms with Crippen LogP contribution in [0.3, 0.4) is 0 Å². The van der Waals surface area contributed by atoms with Crippen LogP contribution in [0.2, 0.25) is 5.15 Å². The van der Waals surface area contributed by atoms with Crippen LogP contribution in [-0.4, -0.2) is 17.4 Å². The zero-order chi connectivity index (χ0) is 10.6. The van der Waals surface area contributed by atoms with Gasteiger partial charge in [-0.15, -0.1) is 6.58 Å². The Kier molecular flexibility index (Phi) is 3.59. The quantitative estimate of drug-likeness (QED) is 0.616. The molecule has 0 aromatic carbocycles. The van der Waals surface area contributed by atoms with E-state index < -0.39 is 11.7 Å². The number of rotatable bonds is 3. The summed E-state index contributed by atoms with van der Waals surface area (Å²) in [5.74, 6) is -1.34. The van der Waals surface area contributed by atoms with Crippen LogP contribution < -0.4 is 5.32 Å². The van der Waals surface area contributed by atoms with E-state index >= 15 is 0 Å². The zero-order valence-electron chi connectivity index (χ0n) is 7.26. The molecule has 0 fully saturated rings. The van der Waals surface area contributed by atoms with Crippen molar-refractivity contribution in [2.24, 2.45) is 0 Å². The summed E-state index contributed by atoms with van der Waals surface area (Å²) in [5, 5.41) is 2.12. The maximum atomic E-state index is 13.2. The van der Waals surface area contributed by atoms with Crippen LogP contribution in [0.25, 0.3) is 0 Å². The fraction of sp³-hybridized carbons (Fsp3) is 0.111. The largest absolute Gasteiger partial charge is 0.348 e. The normalized spacial score (nSPS) is 9.57. The number of carbonyl (C=O) groups is 1. The summed E-state index contributed by atoms with van der Waals surface area (Å²) >= 11 is 5.41. The van der Waals surface area contributed by atoms with Gasteiger partial charge in [-0.25, -0.2) is 9.37 Å². The Balaban J connectivity index is 2.89. The summed E-state index contributed by atoms with van der Waals surface area (Å²) in [6.45, 7) is 3.70. The maximum absolute atomic E-state index is 13.2. The molecule has 0 aliphatic rings. The first-order valence-electron chi connectivity index (χ1n) is 3.86. The van der Waals surface area contributed by atoms with Crippen molar-refractivity contribution in [3.63, 3.8) is 0 Å². The Hall–Kier alpha value is -1.42. The minimum atomic E-state index is -0.810. The van der Waals surface area contributed by atoms with Gasteiger partial charge >= 0.3 is 0 Å². The fourth-order valence-corrected chi connectivity index (χ4v) is 1.01. The molecule has 1 aromatic rings. The van der Waals surface area contributed by atoms with E-state index in [9.17, 15) is 9.18 Å². The molecule has 74 valence electrons. The first kappa shape index (κ1) is 10.7. The van der Waals surface area contributed by atoms with Crippen molar-refractivity contribution in [1.29, 1.82) is 0 Å². The number of aromatic nitrogens is 1. The fourth-order valence-electron chi connectivity index (χ4n) is 0.854. The summed E-state index contributed by atoms with van der Waals surface area (Å²) in [4.78, 5) is 14.8. The molecule has 0 bridgehead atoms. The predicted octanol–water partition coefficient (Wildman–Crippen LogP) is 1.79. The number of hydrogen-bond donors (Lipinski definition) is 1. The van der Waals surface area contributed by atoms with E-state index in [1.54, 1.807) is 0 Å². The van der Waals surface area contributed by atoms with Gasteiger partial charge in [0.05, 0.1) is 5.56 Å². The first-order valence-corrected chi connectivity index (χ1v) is 4.23. The Morgan fingerprint density at radius 2 is 2.50 bits per heavy atom. The maximum Gasteiger partial charge on any atom is 0.254 e. The van der Waals surface area contributed by atoms with Crippen LogP contribution in [-0.2, 0) is 0 Å². The van der Waals surface area contributed by atoms with Crippen molar-refractivity contribution in [1.82, 2.24) is 10.3 Å². The van der Waals surface area contributed by atoms with Gasteiger partial charge in [0.2, 0.25) is 0 Å². The third-order valence-corrected chi connectivity index (χ3v) is 1.76. The molecule has 1 aromatic heterocycles.